The highest BCUT2D eigenvalue weighted by molar-refractivity contribution is 9.09. The molecular weight excluding hydrogens is 554 g/mol. The minimum Gasteiger partial charge on any atom is -0.395 e. The number of halogens is 1. The first-order valence-electron chi connectivity index (χ1n) is 13.0. The molecule has 7 nitrogen and oxygen atoms in total. The number of nitrogens with zero attached hydrogens (tertiary/aromatic N) is 3. The number of rotatable bonds is 12. The molecule has 200 valence electrons. The van der Waals surface area contributed by atoms with Gasteiger partial charge in [0.05, 0.1) is 23.2 Å². The first-order valence-corrected chi connectivity index (χ1v) is 14.8. The highest BCUT2D eigenvalue weighted by Crippen LogP contribution is 2.68. The lowest BCUT2D eigenvalue weighted by atomic mass is 9.70. The topological polar surface area (TPSA) is 81.2 Å². The zero-order chi connectivity index (χ0) is 26.7. The van der Waals surface area contributed by atoms with Crippen LogP contribution in [0.1, 0.15) is 26.2 Å². The van der Waals surface area contributed by atoms with E-state index in [9.17, 15) is 19.5 Å². The number of fused-ring (bicyclic) bond motifs is 1. The van der Waals surface area contributed by atoms with Gasteiger partial charge in [-0.25, -0.2) is 0 Å². The van der Waals surface area contributed by atoms with Gasteiger partial charge in [0.1, 0.15) is 6.04 Å². The van der Waals surface area contributed by atoms with Crippen molar-refractivity contribution in [2.24, 2.45) is 11.8 Å². The van der Waals surface area contributed by atoms with E-state index in [4.69, 9.17) is 0 Å². The molecule has 0 radical (unpaired) electrons. The van der Waals surface area contributed by atoms with Crippen LogP contribution in [0.2, 0.25) is 0 Å². The standard InChI is InChI=1S/C28H36BrN3O4S/c1-4-7-15-30(13-5-2)27(36)24-28-18-20(29)23(37-28)21(22(28)26(35)32(24)16-17-33)25(34)31(14-6-3)19-11-9-8-10-12-19/h5-6,8-12,20-24,33H,2-4,7,13-18H2,1H3/t20?,21-,22-,23-,24?,28?/m0/s1. The molecule has 9 heteroatoms. The number of anilines is 1. The zero-order valence-corrected chi connectivity index (χ0v) is 23.7. The molecular formula is C28H36BrN3O4S. The van der Waals surface area contributed by atoms with Gasteiger partial charge in [0.15, 0.2) is 0 Å². The van der Waals surface area contributed by atoms with Crippen LogP contribution in [0.4, 0.5) is 5.69 Å². The second kappa shape index (κ2) is 11.7. The fraction of sp³-hybridized carbons (Fsp3) is 0.536. The SMILES string of the molecule is C=CCN(CCCC)C(=O)C1N(CCO)C(=O)[C@@H]2[C@H](C(=O)N(CC=C)c3ccccc3)[C@H]3SC12CC3Br. The van der Waals surface area contributed by atoms with E-state index in [-0.39, 0.29) is 41.0 Å². The van der Waals surface area contributed by atoms with E-state index in [2.05, 4.69) is 36.0 Å². The lowest BCUT2D eigenvalue weighted by Crippen LogP contribution is -2.56. The molecule has 3 saturated heterocycles. The minimum absolute atomic E-state index is 0.00951. The number of aliphatic hydroxyl groups excluding tert-OH is 1. The van der Waals surface area contributed by atoms with Crippen molar-refractivity contribution in [2.75, 3.05) is 37.7 Å². The van der Waals surface area contributed by atoms with Crippen LogP contribution < -0.4 is 4.90 Å². The quantitative estimate of drug-likeness (QED) is 0.298. The molecule has 2 bridgehead atoms. The molecule has 1 aromatic carbocycles. The van der Waals surface area contributed by atoms with Crippen LogP contribution >= 0.6 is 27.7 Å². The van der Waals surface area contributed by atoms with Crippen molar-refractivity contribution >= 4 is 51.1 Å². The summed E-state index contributed by atoms with van der Waals surface area (Å²) in [7, 11) is 0. The Labute approximate surface area is 232 Å². The Bertz CT molecular complexity index is 1040. The van der Waals surface area contributed by atoms with Crippen molar-refractivity contribution in [1.29, 1.82) is 0 Å². The number of hydrogen-bond donors (Lipinski definition) is 1. The van der Waals surface area contributed by atoms with Crippen LogP contribution in [-0.4, -0.2) is 86.3 Å². The van der Waals surface area contributed by atoms with Crippen molar-refractivity contribution < 1.29 is 19.5 Å². The highest BCUT2D eigenvalue weighted by Gasteiger charge is 2.76. The summed E-state index contributed by atoms with van der Waals surface area (Å²) in [5, 5.41) is 9.72. The van der Waals surface area contributed by atoms with E-state index in [1.165, 1.54) is 0 Å². The summed E-state index contributed by atoms with van der Waals surface area (Å²) in [4.78, 5) is 47.3. The Balaban J connectivity index is 1.75. The minimum atomic E-state index is -0.731. The largest absolute Gasteiger partial charge is 0.395 e. The maximum absolute atomic E-state index is 14.2. The van der Waals surface area contributed by atoms with Crippen molar-refractivity contribution in [3.05, 3.63) is 55.6 Å². The number of alkyl halides is 1. The van der Waals surface area contributed by atoms with Crippen LogP contribution in [-0.2, 0) is 14.4 Å². The third-order valence-electron chi connectivity index (χ3n) is 7.74. The third kappa shape index (κ3) is 4.79. The summed E-state index contributed by atoms with van der Waals surface area (Å²) >= 11 is 5.43. The highest BCUT2D eigenvalue weighted by atomic mass is 79.9. The van der Waals surface area contributed by atoms with E-state index < -0.39 is 22.6 Å². The molecule has 6 atom stereocenters. The van der Waals surface area contributed by atoms with Crippen LogP contribution in [0.25, 0.3) is 0 Å². The predicted octanol–water partition coefficient (Wildman–Crippen LogP) is 3.48. The number of para-hydroxylation sites is 1. The molecule has 0 aliphatic carbocycles. The molecule has 37 heavy (non-hydrogen) atoms. The molecule has 4 rings (SSSR count). The van der Waals surface area contributed by atoms with Gasteiger partial charge in [0.2, 0.25) is 17.7 Å². The van der Waals surface area contributed by atoms with Gasteiger partial charge in [-0.15, -0.1) is 24.9 Å². The second-order valence-electron chi connectivity index (χ2n) is 9.92. The molecule has 1 N–H and O–H groups in total. The van der Waals surface area contributed by atoms with E-state index in [0.717, 1.165) is 18.5 Å². The van der Waals surface area contributed by atoms with Gasteiger partial charge in [-0.05, 0) is 25.0 Å². The average molecular weight is 591 g/mol. The molecule has 3 fully saturated rings. The number of carbonyl (C=O) groups is 3. The fourth-order valence-electron chi connectivity index (χ4n) is 6.25. The fourth-order valence-corrected chi connectivity index (χ4v) is 9.85. The predicted molar refractivity (Wildman–Crippen MR) is 152 cm³/mol. The summed E-state index contributed by atoms with van der Waals surface area (Å²) < 4.78 is -0.731. The monoisotopic (exact) mass is 589 g/mol. The van der Waals surface area contributed by atoms with E-state index in [1.54, 1.807) is 38.6 Å². The number of carbonyl (C=O) groups excluding carboxylic acids is 3. The lowest BCUT2D eigenvalue weighted by molar-refractivity contribution is -0.143. The summed E-state index contributed by atoms with van der Waals surface area (Å²) in [6.45, 7) is 10.9. The smallest absolute Gasteiger partial charge is 0.247 e. The molecule has 3 aliphatic heterocycles. The van der Waals surface area contributed by atoms with Crippen LogP contribution in [0.15, 0.2) is 55.6 Å². The summed E-state index contributed by atoms with van der Waals surface area (Å²) in [5.41, 5.74) is 0.752. The Morgan fingerprint density at radius 3 is 2.54 bits per heavy atom. The number of β-amino-alcohol motifs (C(OH)–C–C–N with tert-alkyl or cyclic N) is 1. The van der Waals surface area contributed by atoms with Gasteiger partial charge < -0.3 is 19.8 Å². The molecule has 3 aliphatic rings. The van der Waals surface area contributed by atoms with Crippen LogP contribution in [0.3, 0.4) is 0 Å². The van der Waals surface area contributed by atoms with E-state index in [1.807, 2.05) is 30.3 Å². The average Bonchev–Trinajstić information content (AvgIpc) is 3.48. The van der Waals surface area contributed by atoms with Crippen molar-refractivity contribution in [3.63, 3.8) is 0 Å². The summed E-state index contributed by atoms with van der Waals surface area (Å²) in [6.07, 6.45) is 5.80. The Kier molecular flexibility index (Phi) is 8.86. The summed E-state index contributed by atoms with van der Waals surface area (Å²) in [6, 6.07) is 8.69. The Morgan fingerprint density at radius 1 is 1.22 bits per heavy atom. The number of unbranched alkanes of at least 4 members (excludes halogenated alkanes) is 1. The Hall–Kier alpha value is -2.10. The van der Waals surface area contributed by atoms with E-state index >= 15 is 0 Å². The van der Waals surface area contributed by atoms with Crippen LogP contribution in [0, 0.1) is 11.8 Å². The zero-order valence-electron chi connectivity index (χ0n) is 21.3. The van der Waals surface area contributed by atoms with Gasteiger partial charge in [0, 0.05) is 41.9 Å². The Morgan fingerprint density at radius 2 is 1.92 bits per heavy atom. The van der Waals surface area contributed by atoms with E-state index in [0.29, 0.717) is 26.1 Å². The number of benzene rings is 1. The molecule has 3 unspecified atom stereocenters. The van der Waals surface area contributed by atoms with Gasteiger partial charge in [-0.3, -0.25) is 14.4 Å². The van der Waals surface area contributed by atoms with Crippen molar-refractivity contribution in [3.8, 4) is 0 Å². The van der Waals surface area contributed by atoms with Gasteiger partial charge >= 0.3 is 0 Å². The third-order valence-corrected chi connectivity index (χ3v) is 11.0. The van der Waals surface area contributed by atoms with Gasteiger partial charge in [0.25, 0.3) is 0 Å². The second-order valence-corrected chi connectivity index (χ2v) is 12.6. The molecule has 1 spiro atoms. The maximum atomic E-state index is 14.2. The number of amides is 3. The van der Waals surface area contributed by atoms with Crippen molar-refractivity contribution in [2.45, 2.75) is 47.1 Å². The van der Waals surface area contributed by atoms with Crippen molar-refractivity contribution in [1.82, 2.24) is 9.80 Å². The normalized spacial score (nSPS) is 29.8. The molecule has 0 aromatic heterocycles. The first-order chi connectivity index (χ1) is 17.9. The molecule has 3 heterocycles. The number of thioether (sulfide) groups is 1. The molecule has 1 aromatic rings. The molecule has 3 amide bonds. The summed E-state index contributed by atoms with van der Waals surface area (Å²) in [5.74, 6) is -1.67. The van der Waals surface area contributed by atoms with Gasteiger partial charge in [-0.1, -0.05) is 59.6 Å². The lowest BCUT2D eigenvalue weighted by Gasteiger charge is -2.38. The first kappa shape index (κ1) is 27.9. The number of hydrogen-bond acceptors (Lipinski definition) is 5. The maximum Gasteiger partial charge on any atom is 0.247 e. The molecule has 0 saturated carbocycles. The van der Waals surface area contributed by atoms with Gasteiger partial charge in [-0.2, -0.15) is 0 Å². The number of aliphatic hydroxyl groups is 1. The van der Waals surface area contributed by atoms with Crippen LogP contribution in [0.5, 0.6) is 0 Å². The number of likely N-dealkylation sites (tertiary alicyclic amines) is 1.